The number of carboxylic acid groups (broad SMARTS) is 1. The van der Waals surface area contributed by atoms with E-state index in [0.717, 1.165) is 0 Å². The number of halogens is 2. The highest BCUT2D eigenvalue weighted by molar-refractivity contribution is 6.31. The predicted octanol–water partition coefficient (Wildman–Crippen LogP) is 1.69. The number of nitrogens with one attached hydrogen (secondary N) is 1. The van der Waals surface area contributed by atoms with Gasteiger partial charge in [-0.2, -0.15) is 0 Å². The van der Waals surface area contributed by atoms with E-state index in [9.17, 15) is 19.1 Å². The molecule has 1 aliphatic heterocycles. The fourth-order valence-corrected chi connectivity index (χ4v) is 2.80. The fourth-order valence-electron chi connectivity index (χ4n) is 2.57. The largest absolute Gasteiger partial charge is 0.480 e. The summed E-state index contributed by atoms with van der Waals surface area (Å²) in [7, 11) is 1.90. The minimum Gasteiger partial charge on any atom is -0.480 e. The van der Waals surface area contributed by atoms with Crippen LogP contribution in [0.25, 0.3) is 0 Å². The van der Waals surface area contributed by atoms with Gasteiger partial charge in [0.2, 0.25) is 5.91 Å². The highest BCUT2D eigenvalue weighted by Gasteiger charge is 2.42. The second-order valence-electron chi connectivity index (χ2n) is 5.62. The van der Waals surface area contributed by atoms with Gasteiger partial charge in [-0.15, -0.1) is 0 Å². The summed E-state index contributed by atoms with van der Waals surface area (Å²) in [6.45, 7) is 1.15. The molecule has 1 fully saturated rings. The van der Waals surface area contributed by atoms with Gasteiger partial charge in [0.25, 0.3) is 0 Å². The molecular formula is C15H18ClFN2O3. The standard InChI is InChI=1S/C15H18ClFN2O3/c1-19-7-5-15(6-8-19,14(21)22)18-13(20)9-10-11(16)3-2-4-12(10)17/h2-4H,5-9H2,1H3,(H,18,20)(H,21,22). The van der Waals surface area contributed by atoms with Gasteiger partial charge in [-0.25, -0.2) is 9.18 Å². The van der Waals surface area contributed by atoms with Gasteiger partial charge in [0.15, 0.2) is 0 Å². The quantitative estimate of drug-likeness (QED) is 0.882. The summed E-state index contributed by atoms with van der Waals surface area (Å²) in [5, 5.41) is 12.2. The molecule has 0 radical (unpaired) electrons. The first-order chi connectivity index (χ1) is 10.3. The van der Waals surface area contributed by atoms with E-state index >= 15 is 0 Å². The van der Waals surface area contributed by atoms with E-state index in [4.69, 9.17) is 11.6 Å². The van der Waals surface area contributed by atoms with Gasteiger partial charge < -0.3 is 15.3 Å². The van der Waals surface area contributed by atoms with Crippen LogP contribution in [-0.2, 0) is 16.0 Å². The fraction of sp³-hybridized carbons (Fsp3) is 0.467. The highest BCUT2D eigenvalue weighted by atomic mass is 35.5. The Hall–Kier alpha value is -1.66. The summed E-state index contributed by atoms with van der Waals surface area (Å²) in [5.41, 5.74) is -1.21. The number of amides is 1. The number of piperidine rings is 1. The third-order valence-corrected chi connectivity index (χ3v) is 4.38. The van der Waals surface area contributed by atoms with Crippen LogP contribution in [0, 0.1) is 5.82 Å². The normalized spacial score (nSPS) is 18.0. The molecule has 0 unspecified atom stereocenters. The number of likely N-dealkylation sites (tertiary alicyclic amines) is 1. The molecule has 1 aromatic carbocycles. The molecule has 0 aromatic heterocycles. The Bertz CT molecular complexity index is 566. The molecule has 1 aromatic rings. The molecule has 2 N–H and O–H groups in total. The van der Waals surface area contributed by atoms with Crippen molar-refractivity contribution < 1.29 is 19.1 Å². The van der Waals surface area contributed by atoms with Crippen molar-refractivity contribution in [3.63, 3.8) is 0 Å². The smallest absolute Gasteiger partial charge is 0.329 e. The summed E-state index contributed by atoms with van der Waals surface area (Å²) in [6.07, 6.45) is 0.349. The van der Waals surface area contributed by atoms with Gasteiger partial charge >= 0.3 is 5.97 Å². The zero-order valence-electron chi connectivity index (χ0n) is 12.2. The van der Waals surface area contributed by atoms with Crippen molar-refractivity contribution in [1.29, 1.82) is 0 Å². The van der Waals surface area contributed by atoms with Crippen molar-refractivity contribution in [1.82, 2.24) is 10.2 Å². The number of benzene rings is 1. The molecule has 0 saturated carbocycles. The minimum absolute atomic E-state index is 0.0788. The van der Waals surface area contributed by atoms with Gasteiger partial charge in [0, 0.05) is 23.7 Å². The molecule has 1 saturated heterocycles. The molecule has 0 atom stereocenters. The molecule has 7 heteroatoms. The van der Waals surface area contributed by atoms with E-state index in [1.54, 1.807) is 0 Å². The summed E-state index contributed by atoms with van der Waals surface area (Å²) >= 11 is 5.89. The van der Waals surface area contributed by atoms with Crippen LogP contribution in [0.2, 0.25) is 5.02 Å². The first-order valence-electron chi connectivity index (χ1n) is 7.00. The monoisotopic (exact) mass is 328 g/mol. The van der Waals surface area contributed by atoms with E-state index in [0.29, 0.717) is 25.9 Å². The summed E-state index contributed by atoms with van der Waals surface area (Å²) in [4.78, 5) is 25.7. The average molecular weight is 329 g/mol. The molecule has 120 valence electrons. The van der Waals surface area contributed by atoms with Crippen molar-refractivity contribution in [2.75, 3.05) is 20.1 Å². The molecule has 5 nitrogen and oxygen atoms in total. The second-order valence-corrected chi connectivity index (χ2v) is 6.02. The Kier molecular flexibility index (Phi) is 5.03. The molecule has 1 heterocycles. The molecule has 1 aliphatic rings. The van der Waals surface area contributed by atoms with E-state index in [-0.39, 0.29) is 17.0 Å². The van der Waals surface area contributed by atoms with E-state index in [1.165, 1.54) is 18.2 Å². The zero-order valence-corrected chi connectivity index (χ0v) is 13.0. The van der Waals surface area contributed by atoms with Gasteiger partial charge in [-0.05, 0) is 32.0 Å². The van der Waals surface area contributed by atoms with Crippen molar-refractivity contribution in [2.45, 2.75) is 24.8 Å². The Morgan fingerprint density at radius 3 is 2.59 bits per heavy atom. The SMILES string of the molecule is CN1CCC(NC(=O)Cc2c(F)cccc2Cl)(C(=O)O)CC1. The Morgan fingerprint density at radius 1 is 1.41 bits per heavy atom. The third kappa shape index (κ3) is 3.56. The molecule has 2 rings (SSSR count). The van der Waals surface area contributed by atoms with Crippen LogP contribution in [0.15, 0.2) is 18.2 Å². The summed E-state index contributed by atoms with van der Waals surface area (Å²) < 4.78 is 13.7. The maximum absolute atomic E-state index is 13.7. The molecule has 0 bridgehead atoms. The molecule has 1 amide bonds. The van der Waals surface area contributed by atoms with Crippen molar-refractivity contribution in [3.05, 3.63) is 34.6 Å². The van der Waals surface area contributed by atoms with Gasteiger partial charge in [0.05, 0.1) is 6.42 Å². The number of hydrogen-bond acceptors (Lipinski definition) is 3. The topological polar surface area (TPSA) is 69.6 Å². The van der Waals surface area contributed by atoms with Crippen molar-refractivity contribution in [3.8, 4) is 0 Å². The number of nitrogens with zero attached hydrogens (tertiary/aromatic N) is 1. The lowest BCUT2D eigenvalue weighted by molar-refractivity contribution is -0.149. The van der Waals surface area contributed by atoms with E-state index in [2.05, 4.69) is 5.32 Å². The van der Waals surface area contributed by atoms with Gasteiger partial charge in [-0.3, -0.25) is 4.79 Å². The van der Waals surface area contributed by atoms with E-state index < -0.39 is 23.2 Å². The van der Waals surface area contributed by atoms with Crippen molar-refractivity contribution in [2.24, 2.45) is 0 Å². The molecule has 0 aliphatic carbocycles. The number of rotatable bonds is 4. The van der Waals surface area contributed by atoms with Crippen LogP contribution in [-0.4, -0.2) is 47.6 Å². The Balaban J connectivity index is 2.11. The van der Waals surface area contributed by atoms with Crippen LogP contribution in [0.1, 0.15) is 18.4 Å². The lowest BCUT2D eigenvalue weighted by Crippen LogP contribution is -2.59. The number of carbonyl (C=O) groups excluding carboxylic acids is 1. The number of aliphatic carboxylic acids is 1. The lowest BCUT2D eigenvalue weighted by Gasteiger charge is -2.37. The molecule has 0 spiro atoms. The number of carboxylic acids is 1. The van der Waals surface area contributed by atoms with Crippen molar-refractivity contribution >= 4 is 23.5 Å². The Morgan fingerprint density at radius 2 is 2.05 bits per heavy atom. The van der Waals surface area contributed by atoms with Crippen LogP contribution < -0.4 is 5.32 Å². The number of hydrogen-bond donors (Lipinski definition) is 2. The summed E-state index contributed by atoms with van der Waals surface area (Å²) in [6, 6.07) is 4.17. The van der Waals surface area contributed by atoms with Gasteiger partial charge in [-0.1, -0.05) is 17.7 Å². The zero-order chi connectivity index (χ0) is 16.3. The molecule has 22 heavy (non-hydrogen) atoms. The van der Waals surface area contributed by atoms with Crippen LogP contribution in [0.5, 0.6) is 0 Å². The molecular weight excluding hydrogens is 311 g/mol. The second kappa shape index (κ2) is 6.62. The minimum atomic E-state index is -1.29. The van der Waals surface area contributed by atoms with Gasteiger partial charge in [0.1, 0.15) is 11.4 Å². The first kappa shape index (κ1) is 16.7. The maximum atomic E-state index is 13.7. The van der Waals surface area contributed by atoms with Crippen LogP contribution in [0.4, 0.5) is 4.39 Å². The number of carbonyl (C=O) groups is 2. The third-order valence-electron chi connectivity index (χ3n) is 4.03. The summed E-state index contributed by atoms with van der Waals surface area (Å²) in [5.74, 6) is -2.18. The van der Waals surface area contributed by atoms with Crippen LogP contribution >= 0.6 is 11.6 Å². The average Bonchev–Trinajstić information content (AvgIpc) is 2.45. The maximum Gasteiger partial charge on any atom is 0.329 e. The lowest BCUT2D eigenvalue weighted by atomic mass is 9.87. The Labute approximate surface area is 133 Å². The predicted molar refractivity (Wildman–Crippen MR) is 80.4 cm³/mol. The highest BCUT2D eigenvalue weighted by Crippen LogP contribution is 2.24. The van der Waals surface area contributed by atoms with E-state index in [1.807, 2.05) is 11.9 Å². The first-order valence-corrected chi connectivity index (χ1v) is 7.38. The van der Waals surface area contributed by atoms with Crippen LogP contribution in [0.3, 0.4) is 0 Å².